The van der Waals surface area contributed by atoms with Crippen LogP contribution in [0.3, 0.4) is 0 Å². The van der Waals surface area contributed by atoms with Crippen molar-refractivity contribution in [2.24, 2.45) is 0 Å². The Morgan fingerprint density at radius 2 is 1.83 bits per heavy atom. The van der Waals surface area contributed by atoms with Crippen molar-refractivity contribution in [2.75, 3.05) is 37.6 Å². The topological polar surface area (TPSA) is 68.8 Å². The van der Waals surface area contributed by atoms with Crippen molar-refractivity contribution >= 4 is 22.7 Å². The number of H-pyrrole nitrogens is 1. The van der Waals surface area contributed by atoms with Gasteiger partial charge in [-0.2, -0.15) is 0 Å². The van der Waals surface area contributed by atoms with Gasteiger partial charge in [0.1, 0.15) is 5.75 Å². The lowest BCUT2D eigenvalue weighted by Gasteiger charge is -2.36. The van der Waals surface area contributed by atoms with E-state index >= 15 is 0 Å². The summed E-state index contributed by atoms with van der Waals surface area (Å²) >= 11 is 0. The van der Waals surface area contributed by atoms with Crippen molar-refractivity contribution in [3.05, 3.63) is 60.3 Å². The van der Waals surface area contributed by atoms with Gasteiger partial charge in [0.15, 0.2) is 0 Å². The van der Waals surface area contributed by atoms with Crippen LogP contribution in [0.4, 0.5) is 10.5 Å². The molecule has 0 atom stereocenters. The molecule has 3 aromatic rings. The molecule has 2 aromatic carbocycles. The van der Waals surface area contributed by atoms with E-state index in [1.165, 1.54) is 11.3 Å². The molecule has 1 aromatic heterocycles. The summed E-state index contributed by atoms with van der Waals surface area (Å²) in [7, 11) is 0. The average molecular weight is 393 g/mol. The maximum absolute atomic E-state index is 10.8. The molecule has 1 aliphatic rings. The number of para-hydroxylation sites is 1. The first kappa shape index (κ1) is 19.3. The molecule has 1 fully saturated rings. The number of aromatic amines is 1. The second-order valence-electron chi connectivity index (χ2n) is 7.51. The number of hydrogen-bond donors (Lipinski definition) is 2. The van der Waals surface area contributed by atoms with E-state index in [1.54, 1.807) is 12.1 Å². The number of rotatable bonds is 7. The van der Waals surface area contributed by atoms with E-state index in [4.69, 9.17) is 9.84 Å². The van der Waals surface area contributed by atoms with Crippen LogP contribution in [-0.4, -0.2) is 53.9 Å². The van der Waals surface area contributed by atoms with Crippen LogP contribution in [-0.2, 0) is 6.42 Å². The minimum absolute atomic E-state index is 0.363. The number of anilines is 1. The molecule has 0 spiro atoms. The van der Waals surface area contributed by atoms with Gasteiger partial charge < -0.3 is 19.7 Å². The third kappa shape index (κ3) is 4.90. The number of nitrogens with zero attached hydrogens (tertiary/aromatic N) is 2. The highest BCUT2D eigenvalue weighted by Gasteiger charge is 2.16. The van der Waals surface area contributed by atoms with Gasteiger partial charge in [-0.25, -0.2) is 4.79 Å². The van der Waals surface area contributed by atoms with Gasteiger partial charge in [-0.1, -0.05) is 18.2 Å². The summed E-state index contributed by atoms with van der Waals surface area (Å²) in [6.07, 6.45) is 3.97. The van der Waals surface area contributed by atoms with E-state index in [-0.39, 0.29) is 0 Å². The van der Waals surface area contributed by atoms with Crippen LogP contribution in [0.2, 0.25) is 0 Å². The molecule has 0 radical (unpaired) electrons. The van der Waals surface area contributed by atoms with Gasteiger partial charge in [0.25, 0.3) is 0 Å². The summed E-state index contributed by atoms with van der Waals surface area (Å²) in [6, 6.07) is 16.0. The zero-order valence-electron chi connectivity index (χ0n) is 16.5. The molecule has 4 rings (SSSR count). The van der Waals surface area contributed by atoms with Gasteiger partial charge in [0.05, 0.1) is 0 Å². The molecular formula is C23H27N3O3. The number of carboxylic acid groups (broad SMARTS) is 1. The molecule has 152 valence electrons. The number of nitrogens with one attached hydrogen (secondary N) is 1. The summed E-state index contributed by atoms with van der Waals surface area (Å²) in [6.45, 7) is 5.51. The Balaban J connectivity index is 1.23. The fraction of sp³-hybridized carbons (Fsp3) is 0.348. The van der Waals surface area contributed by atoms with Crippen LogP contribution in [0.5, 0.6) is 5.75 Å². The zero-order valence-corrected chi connectivity index (χ0v) is 16.5. The van der Waals surface area contributed by atoms with E-state index in [0.29, 0.717) is 5.75 Å². The van der Waals surface area contributed by atoms with Crippen LogP contribution >= 0.6 is 0 Å². The van der Waals surface area contributed by atoms with Crippen molar-refractivity contribution in [3.63, 3.8) is 0 Å². The summed E-state index contributed by atoms with van der Waals surface area (Å²) in [5.74, 6) is 0.363. The van der Waals surface area contributed by atoms with Gasteiger partial charge in [-0.05, 0) is 61.7 Å². The Labute approximate surface area is 170 Å². The maximum Gasteiger partial charge on any atom is 0.511 e. The zero-order chi connectivity index (χ0) is 20.1. The number of aryl methyl sites for hydroxylation is 1. The molecule has 0 saturated carbocycles. The standard InChI is InChI=1S/C23H27N3O3/c27-23(28)29-20-9-10-22-21(16-20)18(17-24-22)6-4-5-11-25-12-14-26(15-13-25)19-7-2-1-3-8-19/h1-3,7-10,16-17,24H,4-6,11-15H2,(H,27,28). The second-order valence-corrected chi connectivity index (χ2v) is 7.51. The summed E-state index contributed by atoms with van der Waals surface area (Å²) in [4.78, 5) is 19.0. The van der Waals surface area contributed by atoms with Crippen molar-refractivity contribution in [1.82, 2.24) is 9.88 Å². The molecule has 1 saturated heterocycles. The van der Waals surface area contributed by atoms with Crippen molar-refractivity contribution in [3.8, 4) is 5.75 Å². The Kier molecular flexibility index (Phi) is 6.00. The quantitative estimate of drug-likeness (QED) is 0.354. The summed E-state index contributed by atoms with van der Waals surface area (Å²) in [5.41, 5.74) is 3.54. The first-order valence-electron chi connectivity index (χ1n) is 10.2. The highest BCUT2D eigenvalue weighted by Crippen LogP contribution is 2.25. The van der Waals surface area contributed by atoms with Gasteiger partial charge in [0, 0.05) is 49.0 Å². The molecule has 6 nitrogen and oxygen atoms in total. The molecule has 0 unspecified atom stereocenters. The van der Waals surface area contributed by atoms with Crippen LogP contribution in [0, 0.1) is 0 Å². The van der Waals surface area contributed by atoms with Crippen molar-refractivity contribution < 1.29 is 14.6 Å². The molecule has 1 aliphatic heterocycles. The average Bonchev–Trinajstić information content (AvgIpc) is 3.14. The minimum atomic E-state index is -1.28. The predicted octanol–water partition coefficient (Wildman–Crippen LogP) is 4.37. The number of hydrogen-bond acceptors (Lipinski definition) is 4. The molecule has 29 heavy (non-hydrogen) atoms. The number of carbonyl (C=O) groups is 1. The Hall–Kier alpha value is -2.99. The number of ether oxygens (including phenoxy) is 1. The van der Waals surface area contributed by atoms with Crippen LogP contribution < -0.4 is 9.64 Å². The van der Waals surface area contributed by atoms with E-state index < -0.39 is 6.16 Å². The van der Waals surface area contributed by atoms with Gasteiger partial charge in [0.2, 0.25) is 0 Å². The molecule has 2 N–H and O–H groups in total. The first-order valence-corrected chi connectivity index (χ1v) is 10.2. The number of piperazine rings is 1. The molecular weight excluding hydrogens is 366 g/mol. The van der Waals surface area contributed by atoms with E-state index in [9.17, 15) is 4.79 Å². The van der Waals surface area contributed by atoms with Crippen molar-refractivity contribution in [2.45, 2.75) is 19.3 Å². The SMILES string of the molecule is O=C(O)Oc1ccc2[nH]cc(CCCCN3CCN(c4ccccc4)CC3)c2c1. The normalized spacial score (nSPS) is 15.0. The lowest BCUT2D eigenvalue weighted by atomic mass is 10.1. The fourth-order valence-corrected chi connectivity index (χ4v) is 4.05. The lowest BCUT2D eigenvalue weighted by molar-refractivity contribution is 0.144. The number of aromatic nitrogens is 1. The summed E-state index contributed by atoms with van der Waals surface area (Å²) < 4.78 is 4.78. The number of benzene rings is 2. The van der Waals surface area contributed by atoms with E-state index in [2.05, 4.69) is 45.1 Å². The number of unbranched alkanes of at least 4 members (excludes halogenated alkanes) is 1. The summed E-state index contributed by atoms with van der Waals surface area (Å²) in [5, 5.41) is 9.84. The molecule has 2 heterocycles. The fourth-order valence-electron chi connectivity index (χ4n) is 4.05. The molecule has 0 amide bonds. The van der Waals surface area contributed by atoms with Gasteiger partial charge in [-0.3, -0.25) is 4.90 Å². The monoisotopic (exact) mass is 393 g/mol. The van der Waals surface area contributed by atoms with E-state index in [0.717, 1.165) is 62.9 Å². The lowest BCUT2D eigenvalue weighted by Crippen LogP contribution is -2.46. The Bertz CT molecular complexity index is 946. The van der Waals surface area contributed by atoms with Gasteiger partial charge >= 0.3 is 6.16 Å². The second kappa shape index (κ2) is 9.01. The smallest absolute Gasteiger partial charge is 0.449 e. The minimum Gasteiger partial charge on any atom is -0.449 e. The Morgan fingerprint density at radius 1 is 1.03 bits per heavy atom. The van der Waals surface area contributed by atoms with Crippen molar-refractivity contribution in [1.29, 1.82) is 0 Å². The van der Waals surface area contributed by atoms with Crippen LogP contribution in [0.25, 0.3) is 10.9 Å². The Morgan fingerprint density at radius 3 is 2.59 bits per heavy atom. The first-order chi connectivity index (χ1) is 14.2. The maximum atomic E-state index is 10.8. The molecule has 0 bridgehead atoms. The predicted molar refractivity (Wildman–Crippen MR) is 115 cm³/mol. The molecule has 0 aliphatic carbocycles. The third-order valence-electron chi connectivity index (χ3n) is 5.61. The largest absolute Gasteiger partial charge is 0.511 e. The highest BCUT2D eigenvalue weighted by atomic mass is 16.7. The van der Waals surface area contributed by atoms with Crippen LogP contribution in [0.15, 0.2) is 54.7 Å². The van der Waals surface area contributed by atoms with Gasteiger partial charge in [-0.15, -0.1) is 0 Å². The number of fused-ring (bicyclic) bond motifs is 1. The van der Waals surface area contributed by atoms with E-state index in [1.807, 2.05) is 12.3 Å². The third-order valence-corrected chi connectivity index (χ3v) is 5.61. The molecule has 6 heteroatoms. The van der Waals surface area contributed by atoms with Crippen LogP contribution in [0.1, 0.15) is 18.4 Å². The highest BCUT2D eigenvalue weighted by molar-refractivity contribution is 5.85.